The summed E-state index contributed by atoms with van der Waals surface area (Å²) in [5.41, 5.74) is 6.66. The Morgan fingerprint density at radius 3 is 2.42 bits per heavy atom. The minimum atomic E-state index is -0.506. The number of benzene rings is 3. The van der Waals surface area contributed by atoms with E-state index in [9.17, 15) is 9.59 Å². The number of hydrogen-bond donors (Lipinski definition) is 2. The van der Waals surface area contributed by atoms with Gasteiger partial charge in [-0.1, -0.05) is 47.0 Å². The molecule has 0 unspecified atom stereocenters. The predicted octanol–water partition coefficient (Wildman–Crippen LogP) is 5.67. The molecule has 0 aromatic heterocycles. The number of anilines is 1. The summed E-state index contributed by atoms with van der Waals surface area (Å²) in [6, 6.07) is 18.1. The number of carbonyl (C=O) groups is 2. The van der Waals surface area contributed by atoms with Gasteiger partial charge in [0.1, 0.15) is 18.8 Å². The summed E-state index contributed by atoms with van der Waals surface area (Å²) in [4.78, 5) is 24.1. The second kappa shape index (κ2) is 11.5. The molecule has 0 heterocycles. The molecule has 8 heteroatoms. The van der Waals surface area contributed by atoms with Crippen molar-refractivity contribution in [3.05, 3.63) is 93.0 Å². The molecule has 6 nitrogen and oxygen atoms in total. The Morgan fingerprint density at radius 1 is 0.970 bits per heavy atom. The molecule has 33 heavy (non-hydrogen) atoms. The van der Waals surface area contributed by atoms with Crippen molar-refractivity contribution in [2.24, 2.45) is 5.10 Å². The molecule has 0 aliphatic carbocycles. The average Bonchev–Trinajstić information content (AvgIpc) is 2.76. The fourth-order valence-corrected chi connectivity index (χ4v) is 3.43. The molecule has 0 aliphatic rings. The highest BCUT2D eigenvalue weighted by Crippen LogP contribution is 2.23. The number of hydrogen-bond acceptors (Lipinski definition) is 4. The van der Waals surface area contributed by atoms with Gasteiger partial charge >= 0.3 is 0 Å². The zero-order valence-corrected chi connectivity index (χ0v) is 19.7. The van der Waals surface area contributed by atoms with Gasteiger partial charge in [-0.2, -0.15) is 5.10 Å². The number of hydrazone groups is 1. The Kier molecular flexibility index (Phi) is 8.46. The Hall–Kier alpha value is -3.35. The summed E-state index contributed by atoms with van der Waals surface area (Å²) in [6.45, 7) is 4.18. The highest BCUT2D eigenvalue weighted by Gasteiger charge is 2.10. The van der Waals surface area contributed by atoms with E-state index in [0.29, 0.717) is 28.1 Å². The van der Waals surface area contributed by atoms with Gasteiger partial charge in [0.2, 0.25) is 11.8 Å². The normalized spacial score (nSPS) is 10.8. The molecule has 0 fully saturated rings. The number of rotatable bonds is 8. The quantitative estimate of drug-likeness (QED) is 0.246. The van der Waals surface area contributed by atoms with E-state index in [1.54, 1.807) is 36.4 Å². The third kappa shape index (κ3) is 7.63. The fourth-order valence-electron chi connectivity index (χ4n) is 2.96. The van der Waals surface area contributed by atoms with Crippen LogP contribution in [-0.4, -0.2) is 18.0 Å². The van der Waals surface area contributed by atoms with E-state index in [0.717, 1.165) is 22.3 Å². The lowest BCUT2D eigenvalue weighted by Gasteiger charge is -2.09. The molecule has 3 aromatic carbocycles. The van der Waals surface area contributed by atoms with E-state index in [-0.39, 0.29) is 6.42 Å². The molecular weight excluding hydrogens is 461 g/mol. The molecule has 0 radical (unpaired) electrons. The van der Waals surface area contributed by atoms with Crippen LogP contribution in [0.3, 0.4) is 0 Å². The Bertz CT molecular complexity index is 1180. The van der Waals surface area contributed by atoms with Crippen LogP contribution in [-0.2, 0) is 16.2 Å². The number of aryl methyl sites for hydroxylation is 2. The molecular formula is C25H23Cl2N3O3. The van der Waals surface area contributed by atoms with Crippen molar-refractivity contribution < 1.29 is 14.3 Å². The average molecular weight is 484 g/mol. The summed E-state index contributed by atoms with van der Waals surface area (Å²) in [5.74, 6) is -0.254. The maximum absolute atomic E-state index is 12.1. The second-order valence-electron chi connectivity index (χ2n) is 7.43. The van der Waals surface area contributed by atoms with E-state index in [4.69, 9.17) is 27.9 Å². The van der Waals surface area contributed by atoms with Crippen molar-refractivity contribution in [1.82, 2.24) is 5.43 Å². The summed E-state index contributed by atoms with van der Waals surface area (Å²) >= 11 is 12.0. The molecule has 0 saturated heterocycles. The largest absolute Gasteiger partial charge is 0.489 e. The molecule has 0 bridgehead atoms. The smallest absolute Gasteiger partial charge is 0.249 e. The van der Waals surface area contributed by atoms with Gasteiger partial charge in [0.15, 0.2) is 0 Å². The van der Waals surface area contributed by atoms with Gasteiger partial charge in [0.25, 0.3) is 0 Å². The van der Waals surface area contributed by atoms with Gasteiger partial charge in [0, 0.05) is 21.3 Å². The highest BCUT2D eigenvalue weighted by atomic mass is 35.5. The first-order chi connectivity index (χ1) is 15.8. The molecule has 2 N–H and O–H groups in total. The van der Waals surface area contributed by atoms with Crippen molar-refractivity contribution in [2.45, 2.75) is 26.9 Å². The first-order valence-electron chi connectivity index (χ1n) is 10.2. The van der Waals surface area contributed by atoms with E-state index in [2.05, 4.69) is 15.8 Å². The van der Waals surface area contributed by atoms with Gasteiger partial charge in [-0.05, 0) is 67.4 Å². The first-order valence-corrected chi connectivity index (χ1v) is 10.9. The summed E-state index contributed by atoms with van der Waals surface area (Å²) < 4.78 is 5.73. The number of halogens is 2. The van der Waals surface area contributed by atoms with Crippen molar-refractivity contribution in [2.75, 3.05) is 5.32 Å². The van der Waals surface area contributed by atoms with E-state index < -0.39 is 11.8 Å². The van der Waals surface area contributed by atoms with Crippen LogP contribution in [0.1, 0.15) is 28.7 Å². The van der Waals surface area contributed by atoms with Crippen LogP contribution in [0.15, 0.2) is 65.8 Å². The van der Waals surface area contributed by atoms with Gasteiger partial charge in [0.05, 0.1) is 6.21 Å². The van der Waals surface area contributed by atoms with Crippen LogP contribution in [0.4, 0.5) is 5.69 Å². The summed E-state index contributed by atoms with van der Waals surface area (Å²) in [6.07, 6.45) is 1.16. The Morgan fingerprint density at radius 2 is 1.73 bits per heavy atom. The predicted molar refractivity (Wildman–Crippen MR) is 132 cm³/mol. The minimum Gasteiger partial charge on any atom is -0.489 e. The van der Waals surface area contributed by atoms with Gasteiger partial charge in [-0.25, -0.2) is 5.43 Å². The third-order valence-corrected chi connectivity index (χ3v) is 5.26. The van der Waals surface area contributed by atoms with Crippen LogP contribution in [0, 0.1) is 13.8 Å². The summed E-state index contributed by atoms with van der Waals surface area (Å²) in [7, 11) is 0. The monoisotopic (exact) mass is 483 g/mol. The van der Waals surface area contributed by atoms with Crippen molar-refractivity contribution in [3.63, 3.8) is 0 Å². The topological polar surface area (TPSA) is 79.8 Å². The lowest BCUT2D eigenvalue weighted by Crippen LogP contribution is -2.24. The SMILES string of the molecule is Cc1ccc(NC(=O)CC(=O)NN=Cc2ccc(OCc3ccc(Cl)cc3Cl)cc2)c(C)c1. The van der Waals surface area contributed by atoms with E-state index >= 15 is 0 Å². The zero-order valence-electron chi connectivity index (χ0n) is 18.2. The minimum absolute atomic E-state index is 0.309. The second-order valence-corrected chi connectivity index (χ2v) is 8.27. The lowest BCUT2D eigenvalue weighted by atomic mass is 10.1. The molecule has 170 valence electrons. The van der Waals surface area contributed by atoms with Gasteiger partial charge in [-0.3, -0.25) is 9.59 Å². The third-order valence-electron chi connectivity index (χ3n) is 4.67. The Labute approximate surface area is 202 Å². The number of ether oxygens (including phenoxy) is 1. The van der Waals surface area contributed by atoms with Crippen LogP contribution in [0.25, 0.3) is 0 Å². The molecule has 3 rings (SSSR count). The number of carbonyl (C=O) groups excluding carboxylic acids is 2. The van der Waals surface area contributed by atoms with Gasteiger partial charge < -0.3 is 10.1 Å². The zero-order chi connectivity index (χ0) is 23.8. The maximum atomic E-state index is 12.1. The van der Waals surface area contributed by atoms with Crippen molar-refractivity contribution in [3.8, 4) is 5.75 Å². The van der Waals surface area contributed by atoms with Crippen LogP contribution >= 0.6 is 23.2 Å². The lowest BCUT2D eigenvalue weighted by molar-refractivity contribution is -0.126. The molecule has 0 saturated carbocycles. The van der Waals surface area contributed by atoms with Crippen LogP contribution < -0.4 is 15.5 Å². The standard InChI is InChI=1S/C25H23Cl2N3O3/c1-16-3-10-23(17(2)11-16)29-24(31)13-25(32)30-28-14-18-4-8-21(9-5-18)33-15-19-6-7-20(26)12-22(19)27/h3-12,14H,13,15H2,1-2H3,(H,29,31)(H,30,32). The van der Waals surface area contributed by atoms with E-state index in [1.165, 1.54) is 6.21 Å². The van der Waals surface area contributed by atoms with Crippen LogP contribution in [0.5, 0.6) is 5.75 Å². The van der Waals surface area contributed by atoms with E-state index in [1.807, 2.05) is 38.1 Å². The number of amides is 2. The number of nitrogens with zero attached hydrogens (tertiary/aromatic N) is 1. The highest BCUT2D eigenvalue weighted by molar-refractivity contribution is 6.35. The molecule has 3 aromatic rings. The van der Waals surface area contributed by atoms with Crippen molar-refractivity contribution in [1.29, 1.82) is 0 Å². The molecule has 2 amide bonds. The Balaban J connectivity index is 1.44. The first kappa shape index (κ1) is 24.3. The van der Waals surface area contributed by atoms with Crippen molar-refractivity contribution >= 4 is 46.9 Å². The maximum Gasteiger partial charge on any atom is 0.249 e. The number of nitrogens with one attached hydrogen (secondary N) is 2. The molecule has 0 spiro atoms. The van der Waals surface area contributed by atoms with Crippen LogP contribution in [0.2, 0.25) is 10.0 Å². The summed E-state index contributed by atoms with van der Waals surface area (Å²) in [5, 5.41) is 7.75. The van der Waals surface area contributed by atoms with Gasteiger partial charge in [-0.15, -0.1) is 0 Å². The molecule has 0 atom stereocenters. The molecule has 0 aliphatic heterocycles. The fraction of sp³-hybridized carbons (Fsp3) is 0.160.